The minimum absolute atomic E-state index is 0.0436. The molecule has 1 aromatic heterocycles. The molecule has 4 rings (SSSR count). The molecule has 0 radical (unpaired) electrons. The standard InChI is InChI=1S/C26H29FN4O2/c1-3-12-30(26(33)28-22-10-4-7-19(2)16-22)18-24(32)31-15-14-29-13-6-11-23(29)25(31)20-8-5-9-21(27)17-20/h4-11,13,16-17,25H,3,12,14-15,18H2,1-2H3,(H,28,33)/t25-/m1/s1. The van der Waals surface area contributed by atoms with Crippen LogP contribution in [-0.2, 0) is 11.3 Å². The Kier molecular flexibility index (Phi) is 6.77. The molecule has 33 heavy (non-hydrogen) atoms. The van der Waals surface area contributed by atoms with Gasteiger partial charge in [-0.25, -0.2) is 9.18 Å². The maximum Gasteiger partial charge on any atom is 0.322 e. The van der Waals surface area contributed by atoms with Crippen molar-refractivity contribution in [2.75, 3.05) is 25.0 Å². The van der Waals surface area contributed by atoms with Gasteiger partial charge in [0.15, 0.2) is 0 Å². The van der Waals surface area contributed by atoms with E-state index >= 15 is 0 Å². The highest BCUT2D eigenvalue weighted by molar-refractivity contribution is 5.92. The summed E-state index contributed by atoms with van der Waals surface area (Å²) in [6, 6.07) is 17.1. The lowest BCUT2D eigenvalue weighted by Gasteiger charge is -2.38. The molecule has 0 bridgehead atoms. The lowest BCUT2D eigenvalue weighted by molar-refractivity contribution is -0.134. The molecular weight excluding hydrogens is 419 g/mol. The van der Waals surface area contributed by atoms with Crippen LogP contribution < -0.4 is 5.32 Å². The Morgan fingerprint density at radius 3 is 2.67 bits per heavy atom. The van der Waals surface area contributed by atoms with Gasteiger partial charge >= 0.3 is 6.03 Å². The molecule has 0 fully saturated rings. The van der Waals surface area contributed by atoms with Crippen molar-refractivity contribution in [3.05, 3.63) is 89.5 Å². The maximum atomic E-state index is 14.0. The Morgan fingerprint density at radius 2 is 1.91 bits per heavy atom. The van der Waals surface area contributed by atoms with Crippen LogP contribution in [0.5, 0.6) is 0 Å². The number of hydrogen-bond donors (Lipinski definition) is 1. The summed E-state index contributed by atoms with van der Waals surface area (Å²) < 4.78 is 16.1. The van der Waals surface area contributed by atoms with Gasteiger partial charge in [0, 0.05) is 37.2 Å². The summed E-state index contributed by atoms with van der Waals surface area (Å²) in [6.07, 6.45) is 2.70. The number of nitrogens with one attached hydrogen (secondary N) is 1. The highest BCUT2D eigenvalue weighted by Crippen LogP contribution is 2.33. The Morgan fingerprint density at radius 1 is 1.09 bits per heavy atom. The second-order valence-electron chi connectivity index (χ2n) is 8.39. The minimum Gasteiger partial charge on any atom is -0.348 e. The molecule has 1 N–H and O–H groups in total. The predicted octanol–water partition coefficient (Wildman–Crippen LogP) is 4.81. The van der Waals surface area contributed by atoms with Gasteiger partial charge in [0.05, 0.1) is 6.04 Å². The Bertz CT molecular complexity index is 1140. The van der Waals surface area contributed by atoms with Crippen LogP contribution in [0.4, 0.5) is 14.9 Å². The van der Waals surface area contributed by atoms with Crippen LogP contribution in [0.15, 0.2) is 66.9 Å². The zero-order valence-electron chi connectivity index (χ0n) is 19.0. The van der Waals surface area contributed by atoms with Crippen LogP contribution in [0.25, 0.3) is 0 Å². The zero-order chi connectivity index (χ0) is 23.4. The molecule has 3 amide bonds. The third-order valence-electron chi connectivity index (χ3n) is 5.90. The van der Waals surface area contributed by atoms with Gasteiger partial charge < -0.3 is 19.7 Å². The molecule has 0 aliphatic carbocycles. The highest BCUT2D eigenvalue weighted by atomic mass is 19.1. The smallest absolute Gasteiger partial charge is 0.322 e. The molecule has 2 heterocycles. The number of amides is 3. The summed E-state index contributed by atoms with van der Waals surface area (Å²) in [5.41, 5.74) is 3.39. The Labute approximate surface area is 193 Å². The number of anilines is 1. The first-order valence-corrected chi connectivity index (χ1v) is 11.3. The number of rotatable bonds is 6. The average Bonchev–Trinajstić information content (AvgIpc) is 3.27. The van der Waals surface area contributed by atoms with Crippen molar-refractivity contribution < 1.29 is 14.0 Å². The van der Waals surface area contributed by atoms with Crippen LogP contribution in [-0.4, -0.2) is 45.9 Å². The molecule has 3 aromatic rings. The van der Waals surface area contributed by atoms with E-state index in [0.717, 1.165) is 17.7 Å². The van der Waals surface area contributed by atoms with Crippen LogP contribution in [0.2, 0.25) is 0 Å². The number of nitrogens with zero attached hydrogens (tertiary/aromatic N) is 3. The molecule has 2 aromatic carbocycles. The monoisotopic (exact) mass is 448 g/mol. The SMILES string of the molecule is CCCN(CC(=O)N1CCn2cccc2[C@H]1c1cccc(F)c1)C(=O)Nc1cccc(C)c1. The summed E-state index contributed by atoms with van der Waals surface area (Å²) in [7, 11) is 0. The summed E-state index contributed by atoms with van der Waals surface area (Å²) in [5.74, 6) is -0.502. The lowest BCUT2D eigenvalue weighted by atomic mass is 9.99. The van der Waals surface area contributed by atoms with Gasteiger partial charge in [-0.1, -0.05) is 31.2 Å². The summed E-state index contributed by atoms with van der Waals surface area (Å²) in [6.45, 7) is 5.49. The maximum absolute atomic E-state index is 14.0. The number of benzene rings is 2. The van der Waals surface area contributed by atoms with Gasteiger partial charge in [-0.15, -0.1) is 0 Å². The predicted molar refractivity (Wildman–Crippen MR) is 126 cm³/mol. The summed E-state index contributed by atoms with van der Waals surface area (Å²) >= 11 is 0. The number of fused-ring (bicyclic) bond motifs is 1. The van der Waals surface area contributed by atoms with Crippen LogP contribution in [0.1, 0.15) is 36.2 Å². The fraction of sp³-hybridized carbons (Fsp3) is 0.308. The molecule has 0 unspecified atom stereocenters. The third kappa shape index (κ3) is 5.08. The van der Waals surface area contributed by atoms with Gasteiger partial charge in [-0.05, 0) is 60.9 Å². The molecule has 0 spiro atoms. The number of carbonyl (C=O) groups excluding carboxylic acids is 2. The Balaban J connectivity index is 1.56. The highest BCUT2D eigenvalue weighted by Gasteiger charge is 2.33. The van der Waals surface area contributed by atoms with E-state index in [9.17, 15) is 14.0 Å². The number of hydrogen-bond acceptors (Lipinski definition) is 2. The van der Waals surface area contributed by atoms with Crippen molar-refractivity contribution in [2.24, 2.45) is 0 Å². The van der Waals surface area contributed by atoms with Crippen molar-refractivity contribution >= 4 is 17.6 Å². The first kappa shape index (κ1) is 22.6. The van der Waals surface area contributed by atoms with E-state index in [0.29, 0.717) is 30.9 Å². The first-order chi connectivity index (χ1) is 16.0. The Hall–Kier alpha value is -3.61. The van der Waals surface area contributed by atoms with Crippen molar-refractivity contribution in [3.8, 4) is 0 Å². The first-order valence-electron chi connectivity index (χ1n) is 11.3. The van der Waals surface area contributed by atoms with Crippen molar-refractivity contribution in [3.63, 3.8) is 0 Å². The molecule has 0 saturated heterocycles. The molecule has 1 atom stereocenters. The van der Waals surface area contributed by atoms with E-state index in [1.165, 1.54) is 12.1 Å². The van der Waals surface area contributed by atoms with Crippen molar-refractivity contribution in [1.82, 2.24) is 14.4 Å². The fourth-order valence-corrected chi connectivity index (χ4v) is 4.38. The molecular formula is C26H29FN4O2. The normalized spacial score (nSPS) is 15.1. The second kappa shape index (κ2) is 9.90. The zero-order valence-corrected chi connectivity index (χ0v) is 19.0. The molecule has 7 heteroatoms. The van der Waals surface area contributed by atoms with E-state index in [1.807, 2.05) is 62.5 Å². The lowest BCUT2D eigenvalue weighted by Crippen LogP contribution is -2.48. The van der Waals surface area contributed by atoms with Crippen LogP contribution in [0.3, 0.4) is 0 Å². The minimum atomic E-state index is -0.403. The van der Waals surface area contributed by atoms with Crippen molar-refractivity contribution in [2.45, 2.75) is 32.9 Å². The third-order valence-corrected chi connectivity index (χ3v) is 5.90. The van der Waals surface area contributed by atoms with Gasteiger partial charge in [-0.3, -0.25) is 4.79 Å². The van der Waals surface area contributed by atoms with Crippen LogP contribution >= 0.6 is 0 Å². The van der Waals surface area contributed by atoms with E-state index in [2.05, 4.69) is 9.88 Å². The second-order valence-corrected chi connectivity index (χ2v) is 8.39. The van der Waals surface area contributed by atoms with Crippen molar-refractivity contribution in [1.29, 1.82) is 0 Å². The van der Waals surface area contributed by atoms with E-state index in [1.54, 1.807) is 15.9 Å². The summed E-state index contributed by atoms with van der Waals surface area (Å²) in [5, 5.41) is 2.90. The van der Waals surface area contributed by atoms with Gasteiger partial charge in [0.1, 0.15) is 12.4 Å². The van der Waals surface area contributed by atoms with E-state index < -0.39 is 6.04 Å². The largest absolute Gasteiger partial charge is 0.348 e. The molecule has 6 nitrogen and oxygen atoms in total. The number of urea groups is 1. The molecule has 172 valence electrons. The van der Waals surface area contributed by atoms with Gasteiger partial charge in [0.25, 0.3) is 0 Å². The quantitative estimate of drug-likeness (QED) is 0.588. The number of aryl methyl sites for hydroxylation is 1. The number of carbonyl (C=O) groups is 2. The summed E-state index contributed by atoms with van der Waals surface area (Å²) in [4.78, 5) is 29.8. The van der Waals surface area contributed by atoms with Crippen LogP contribution in [0, 0.1) is 12.7 Å². The fourth-order valence-electron chi connectivity index (χ4n) is 4.38. The topological polar surface area (TPSA) is 57.6 Å². The molecule has 0 saturated carbocycles. The van der Waals surface area contributed by atoms with E-state index in [4.69, 9.17) is 0 Å². The molecule has 1 aliphatic heterocycles. The number of aromatic nitrogens is 1. The molecule has 1 aliphatic rings. The number of halogens is 1. The van der Waals surface area contributed by atoms with E-state index in [-0.39, 0.29) is 24.3 Å². The van der Waals surface area contributed by atoms with Gasteiger partial charge in [0.2, 0.25) is 5.91 Å². The van der Waals surface area contributed by atoms with Gasteiger partial charge in [-0.2, -0.15) is 0 Å². The average molecular weight is 449 g/mol.